The fraction of sp³-hybridized carbons (Fsp3) is 0.538. The van der Waals surface area contributed by atoms with E-state index in [2.05, 4.69) is 10.0 Å². The van der Waals surface area contributed by atoms with E-state index in [0.29, 0.717) is 5.56 Å². The lowest BCUT2D eigenvalue weighted by Crippen LogP contribution is -2.74. The van der Waals surface area contributed by atoms with Gasteiger partial charge in [0.15, 0.2) is 6.29 Å². The largest absolute Gasteiger partial charge is 0.394 e. The monoisotopic (exact) mass is 311 g/mol. The molecule has 1 aromatic carbocycles. The molecule has 5 atom stereocenters. The van der Waals surface area contributed by atoms with Gasteiger partial charge < -0.3 is 30.3 Å². The molecule has 0 radical (unpaired) electrons. The minimum atomic E-state index is -2.82. The molecule has 0 saturated carbocycles. The second kappa shape index (κ2) is 6.19. The second-order valence-corrected chi connectivity index (χ2v) is 5.16. The molecule has 0 amide bonds. The quantitative estimate of drug-likeness (QED) is 0.273. The van der Waals surface area contributed by atoms with Crippen LogP contribution in [0.4, 0.5) is 0 Å². The number of ether oxygens (including phenoxy) is 1. The van der Waals surface area contributed by atoms with Crippen LogP contribution in [-0.4, -0.2) is 62.0 Å². The zero-order valence-electron chi connectivity index (χ0n) is 11.5. The standard InChI is InChI=1S/C13H17N3O6/c14-16-15-13(21)11(19)22-9(7-17)10(18)12(13,20)6-8-4-2-1-3-5-8/h1-5,9-11,17-21H,6-7H2/t9-,10-,11+,12+,13+/m1/s1. The second-order valence-electron chi connectivity index (χ2n) is 5.16. The van der Waals surface area contributed by atoms with Crippen LogP contribution < -0.4 is 0 Å². The minimum absolute atomic E-state index is 0.332. The first-order chi connectivity index (χ1) is 10.4. The van der Waals surface area contributed by atoms with E-state index < -0.39 is 36.4 Å². The third-order valence-electron chi connectivity index (χ3n) is 3.82. The normalized spacial score (nSPS) is 38.3. The van der Waals surface area contributed by atoms with Crippen LogP contribution in [-0.2, 0) is 11.2 Å². The van der Waals surface area contributed by atoms with Gasteiger partial charge in [-0.05, 0) is 11.1 Å². The highest BCUT2D eigenvalue weighted by Crippen LogP contribution is 2.40. The molecule has 0 unspecified atom stereocenters. The van der Waals surface area contributed by atoms with Crippen LogP contribution in [0.15, 0.2) is 35.4 Å². The van der Waals surface area contributed by atoms with Gasteiger partial charge in [0.2, 0.25) is 5.72 Å². The lowest BCUT2D eigenvalue weighted by Gasteiger charge is -2.51. The van der Waals surface area contributed by atoms with Crippen LogP contribution in [0.5, 0.6) is 0 Å². The number of benzene rings is 1. The fourth-order valence-electron chi connectivity index (χ4n) is 2.56. The van der Waals surface area contributed by atoms with Crippen molar-refractivity contribution in [3.8, 4) is 0 Å². The van der Waals surface area contributed by atoms with Crippen molar-refractivity contribution in [3.05, 3.63) is 46.3 Å². The summed E-state index contributed by atoms with van der Waals surface area (Å²) < 4.78 is 4.83. The molecule has 1 saturated heterocycles. The van der Waals surface area contributed by atoms with Crippen molar-refractivity contribution in [2.75, 3.05) is 6.61 Å². The summed E-state index contributed by atoms with van der Waals surface area (Å²) in [7, 11) is 0. The molecule has 1 fully saturated rings. The van der Waals surface area contributed by atoms with Crippen molar-refractivity contribution in [1.82, 2.24) is 0 Å². The molecule has 0 aliphatic carbocycles. The topological polar surface area (TPSA) is 159 Å². The predicted octanol–water partition coefficient (Wildman–Crippen LogP) is -0.971. The number of aliphatic hydroxyl groups excluding tert-OH is 3. The van der Waals surface area contributed by atoms with Crippen LogP contribution >= 0.6 is 0 Å². The summed E-state index contributed by atoms with van der Waals surface area (Å²) in [6.07, 6.45) is -5.59. The number of azide groups is 1. The van der Waals surface area contributed by atoms with Crippen molar-refractivity contribution in [1.29, 1.82) is 0 Å². The molecule has 1 aliphatic rings. The van der Waals surface area contributed by atoms with Crippen molar-refractivity contribution in [2.45, 2.75) is 36.2 Å². The SMILES string of the molecule is [N-]=[N+]=N[C@]1(O)[C@@H](O)O[C@H](CO)[C@@H](O)[C@@]1(O)Cc1ccccc1. The Hall–Kier alpha value is -1.71. The summed E-state index contributed by atoms with van der Waals surface area (Å²) >= 11 is 0. The van der Waals surface area contributed by atoms with E-state index in [0.717, 1.165) is 0 Å². The van der Waals surface area contributed by atoms with Crippen LogP contribution in [0, 0.1) is 0 Å². The van der Waals surface area contributed by atoms with Gasteiger partial charge in [0.05, 0.1) is 6.61 Å². The van der Waals surface area contributed by atoms with Crippen LogP contribution in [0.2, 0.25) is 0 Å². The van der Waals surface area contributed by atoms with Crippen molar-refractivity contribution in [3.63, 3.8) is 0 Å². The average Bonchev–Trinajstić information content (AvgIpc) is 2.51. The molecule has 120 valence electrons. The molecule has 1 aliphatic heterocycles. The van der Waals surface area contributed by atoms with Crippen LogP contribution in [0.25, 0.3) is 10.4 Å². The third kappa shape index (κ3) is 2.55. The highest BCUT2D eigenvalue weighted by molar-refractivity contribution is 5.22. The molecule has 0 spiro atoms. The first-order valence-electron chi connectivity index (χ1n) is 6.56. The zero-order valence-corrected chi connectivity index (χ0v) is 11.5. The Labute approximate surface area is 125 Å². The van der Waals surface area contributed by atoms with Crippen LogP contribution in [0.3, 0.4) is 0 Å². The summed E-state index contributed by atoms with van der Waals surface area (Å²) in [5.74, 6) is 0. The molecule has 0 bridgehead atoms. The van der Waals surface area contributed by atoms with Gasteiger partial charge in [0.25, 0.3) is 0 Å². The van der Waals surface area contributed by atoms with Gasteiger partial charge in [-0.3, -0.25) is 0 Å². The highest BCUT2D eigenvalue weighted by Gasteiger charge is 2.64. The Bertz CT molecular complexity index is 566. The van der Waals surface area contributed by atoms with E-state index in [9.17, 15) is 25.5 Å². The molecule has 5 N–H and O–H groups in total. The van der Waals surface area contributed by atoms with Gasteiger partial charge in [0.1, 0.15) is 17.8 Å². The first kappa shape index (κ1) is 16.7. The van der Waals surface area contributed by atoms with Gasteiger partial charge in [0, 0.05) is 11.3 Å². The summed E-state index contributed by atoms with van der Waals surface area (Å²) in [4.78, 5) is 2.41. The van der Waals surface area contributed by atoms with Gasteiger partial charge in [-0.25, -0.2) is 0 Å². The van der Waals surface area contributed by atoms with E-state index in [1.807, 2.05) is 0 Å². The lowest BCUT2D eigenvalue weighted by atomic mass is 9.75. The number of hydrogen-bond acceptors (Lipinski definition) is 7. The molecule has 9 heteroatoms. The molecule has 2 rings (SSSR count). The maximum Gasteiger partial charge on any atom is 0.226 e. The van der Waals surface area contributed by atoms with Gasteiger partial charge in [-0.1, -0.05) is 35.4 Å². The highest BCUT2D eigenvalue weighted by atomic mass is 16.6. The number of rotatable bonds is 4. The van der Waals surface area contributed by atoms with Crippen molar-refractivity contribution < 1.29 is 30.3 Å². The Morgan fingerprint density at radius 1 is 1.23 bits per heavy atom. The van der Waals surface area contributed by atoms with Crippen LogP contribution in [0.1, 0.15) is 5.56 Å². The van der Waals surface area contributed by atoms with E-state index in [1.54, 1.807) is 30.3 Å². The Kier molecular flexibility index (Phi) is 4.69. The summed E-state index contributed by atoms with van der Waals surface area (Å²) in [5, 5.41) is 53.5. The van der Waals surface area contributed by atoms with E-state index in [1.165, 1.54) is 0 Å². The summed E-state index contributed by atoms with van der Waals surface area (Å²) in [5.41, 5.74) is 3.84. The number of hydrogen-bond donors (Lipinski definition) is 5. The molecule has 1 heterocycles. The molecular weight excluding hydrogens is 294 g/mol. The van der Waals surface area contributed by atoms with Gasteiger partial charge >= 0.3 is 0 Å². The minimum Gasteiger partial charge on any atom is -0.394 e. The van der Waals surface area contributed by atoms with Gasteiger partial charge in [-0.2, -0.15) is 0 Å². The smallest absolute Gasteiger partial charge is 0.226 e. The maximum absolute atomic E-state index is 10.8. The number of aliphatic hydroxyl groups is 5. The number of nitrogens with zero attached hydrogens (tertiary/aromatic N) is 3. The average molecular weight is 311 g/mol. The maximum atomic E-state index is 10.8. The molecule has 22 heavy (non-hydrogen) atoms. The molecule has 1 aromatic rings. The Morgan fingerprint density at radius 2 is 1.86 bits per heavy atom. The van der Waals surface area contributed by atoms with E-state index in [4.69, 9.17) is 10.3 Å². The summed E-state index contributed by atoms with van der Waals surface area (Å²) in [6.45, 7) is -0.707. The van der Waals surface area contributed by atoms with E-state index in [-0.39, 0.29) is 6.42 Å². The molecule has 9 nitrogen and oxygen atoms in total. The summed E-state index contributed by atoms with van der Waals surface area (Å²) in [6, 6.07) is 8.33. The predicted molar refractivity (Wildman–Crippen MR) is 73.2 cm³/mol. The lowest BCUT2D eigenvalue weighted by molar-refractivity contribution is -0.362. The fourth-order valence-corrected chi connectivity index (χ4v) is 2.56. The van der Waals surface area contributed by atoms with Crippen molar-refractivity contribution in [2.24, 2.45) is 5.11 Å². The Morgan fingerprint density at radius 3 is 2.41 bits per heavy atom. The van der Waals surface area contributed by atoms with Crippen molar-refractivity contribution >= 4 is 0 Å². The zero-order chi connectivity index (χ0) is 16.4. The Balaban J connectivity index is 2.49. The first-order valence-corrected chi connectivity index (χ1v) is 6.56. The molecule has 0 aromatic heterocycles. The van der Waals surface area contributed by atoms with Gasteiger partial charge in [-0.15, -0.1) is 0 Å². The van der Waals surface area contributed by atoms with E-state index >= 15 is 0 Å². The third-order valence-corrected chi connectivity index (χ3v) is 3.82. The molecular formula is C13H17N3O6.